The highest BCUT2D eigenvalue weighted by molar-refractivity contribution is 6.00. The Balaban J connectivity index is 1.57. The van der Waals surface area contributed by atoms with Gasteiger partial charge in [-0.1, -0.05) is 18.2 Å². The average molecular weight is 388 g/mol. The summed E-state index contributed by atoms with van der Waals surface area (Å²) in [7, 11) is 0. The van der Waals surface area contributed by atoms with Gasteiger partial charge in [0.1, 0.15) is 5.76 Å². The lowest BCUT2D eigenvalue weighted by Crippen LogP contribution is -2.17. The summed E-state index contributed by atoms with van der Waals surface area (Å²) in [4.78, 5) is 27.0. The van der Waals surface area contributed by atoms with Gasteiger partial charge in [-0.05, 0) is 30.3 Å². The lowest BCUT2D eigenvalue weighted by molar-refractivity contribution is 0.0660. The Morgan fingerprint density at radius 1 is 1.14 bits per heavy atom. The molecule has 0 saturated heterocycles. The number of nitrogens with zero attached hydrogens (tertiary/aromatic N) is 3. The number of para-hydroxylation sites is 1. The van der Waals surface area contributed by atoms with Crippen molar-refractivity contribution in [3.05, 3.63) is 89.8 Å². The van der Waals surface area contributed by atoms with Crippen LogP contribution < -0.4 is 5.43 Å². The lowest BCUT2D eigenvalue weighted by atomic mass is 10.2. The van der Waals surface area contributed by atoms with Gasteiger partial charge in [0, 0.05) is 40.6 Å². The Morgan fingerprint density at radius 2 is 1.93 bits per heavy atom. The van der Waals surface area contributed by atoms with Crippen molar-refractivity contribution in [2.24, 2.45) is 5.10 Å². The quantitative estimate of drug-likeness (QED) is 0.389. The summed E-state index contributed by atoms with van der Waals surface area (Å²) in [6.07, 6.45) is 6.52. The van der Waals surface area contributed by atoms with E-state index < -0.39 is 5.97 Å². The molecule has 4 aromatic rings. The van der Waals surface area contributed by atoms with Crippen LogP contribution in [-0.4, -0.2) is 32.7 Å². The van der Waals surface area contributed by atoms with Gasteiger partial charge in [0.05, 0.1) is 12.8 Å². The SMILES string of the molecule is O=C(N/N=C\c1cn(Cc2ccc(C(=O)O)o2)c2ccccc12)c1ccncc1. The second-order valence-electron chi connectivity index (χ2n) is 6.24. The van der Waals surface area contributed by atoms with Gasteiger partial charge in [0.25, 0.3) is 5.91 Å². The van der Waals surface area contributed by atoms with E-state index in [1.165, 1.54) is 18.5 Å². The van der Waals surface area contributed by atoms with Crippen LogP contribution in [0, 0.1) is 0 Å². The highest BCUT2D eigenvalue weighted by Gasteiger charge is 2.12. The van der Waals surface area contributed by atoms with Crippen molar-refractivity contribution in [1.82, 2.24) is 15.0 Å². The Labute approximate surface area is 165 Å². The van der Waals surface area contributed by atoms with E-state index in [-0.39, 0.29) is 11.7 Å². The number of carboxylic acids is 1. The largest absolute Gasteiger partial charge is 0.475 e. The Bertz CT molecular complexity index is 1210. The third-order valence-electron chi connectivity index (χ3n) is 4.33. The van der Waals surface area contributed by atoms with Crippen molar-refractivity contribution in [1.29, 1.82) is 0 Å². The fourth-order valence-electron chi connectivity index (χ4n) is 2.98. The van der Waals surface area contributed by atoms with Crippen molar-refractivity contribution in [2.45, 2.75) is 6.54 Å². The molecular formula is C21H16N4O4. The Morgan fingerprint density at radius 3 is 2.69 bits per heavy atom. The lowest BCUT2D eigenvalue weighted by Gasteiger charge is -2.02. The van der Waals surface area contributed by atoms with E-state index in [4.69, 9.17) is 9.52 Å². The van der Waals surface area contributed by atoms with Gasteiger partial charge in [-0.15, -0.1) is 0 Å². The standard InChI is InChI=1S/C21H16N4O4/c26-20(14-7-9-22-10-8-14)24-23-11-15-12-25(18-4-2-1-3-17(15)18)13-16-5-6-19(29-16)21(27)28/h1-12H,13H2,(H,24,26)(H,27,28)/b23-11-. The predicted octanol–water partition coefficient (Wildman–Crippen LogP) is 3.14. The normalized spacial score (nSPS) is 11.2. The first-order chi connectivity index (χ1) is 14.1. The molecule has 4 rings (SSSR count). The van der Waals surface area contributed by atoms with Crippen molar-refractivity contribution >= 4 is 29.0 Å². The van der Waals surface area contributed by atoms with Crippen LogP contribution in [0.15, 0.2) is 76.6 Å². The molecule has 0 aliphatic carbocycles. The van der Waals surface area contributed by atoms with Gasteiger partial charge in [-0.2, -0.15) is 5.10 Å². The number of hydrazone groups is 1. The van der Waals surface area contributed by atoms with Gasteiger partial charge in [0.15, 0.2) is 0 Å². The zero-order valence-corrected chi connectivity index (χ0v) is 15.1. The van der Waals surface area contributed by atoms with Crippen LogP contribution in [0.4, 0.5) is 0 Å². The summed E-state index contributed by atoms with van der Waals surface area (Å²) in [6, 6.07) is 14.0. The average Bonchev–Trinajstić information content (AvgIpc) is 3.35. The van der Waals surface area contributed by atoms with Crippen LogP contribution in [0.1, 0.15) is 32.2 Å². The van der Waals surface area contributed by atoms with Crippen LogP contribution in [-0.2, 0) is 6.54 Å². The van der Waals surface area contributed by atoms with Crippen LogP contribution >= 0.6 is 0 Å². The van der Waals surface area contributed by atoms with E-state index in [2.05, 4.69) is 15.5 Å². The molecule has 0 spiro atoms. The summed E-state index contributed by atoms with van der Waals surface area (Å²) in [6.45, 7) is 0.366. The summed E-state index contributed by atoms with van der Waals surface area (Å²) in [5, 5.41) is 14.0. The number of aromatic carboxylic acids is 1. The molecule has 8 heteroatoms. The first-order valence-electron chi connectivity index (χ1n) is 8.75. The number of furan rings is 1. The molecular weight excluding hydrogens is 372 g/mol. The third kappa shape index (κ3) is 3.91. The predicted molar refractivity (Wildman–Crippen MR) is 106 cm³/mol. The topological polar surface area (TPSA) is 110 Å². The summed E-state index contributed by atoms with van der Waals surface area (Å²) >= 11 is 0. The molecule has 3 heterocycles. The van der Waals surface area contributed by atoms with Gasteiger partial charge in [0.2, 0.25) is 5.76 Å². The summed E-state index contributed by atoms with van der Waals surface area (Å²) in [5.41, 5.74) is 4.70. The minimum Gasteiger partial charge on any atom is -0.475 e. The van der Waals surface area contributed by atoms with Gasteiger partial charge >= 0.3 is 5.97 Å². The first-order valence-corrected chi connectivity index (χ1v) is 8.75. The molecule has 144 valence electrons. The fourth-order valence-corrected chi connectivity index (χ4v) is 2.98. The van der Waals surface area contributed by atoms with Crippen LogP contribution in [0.5, 0.6) is 0 Å². The molecule has 0 saturated carbocycles. The number of amides is 1. The highest BCUT2D eigenvalue weighted by atomic mass is 16.4. The van der Waals surface area contributed by atoms with Crippen molar-refractivity contribution in [3.63, 3.8) is 0 Å². The maximum absolute atomic E-state index is 12.1. The van der Waals surface area contributed by atoms with E-state index >= 15 is 0 Å². The number of benzene rings is 1. The van der Waals surface area contributed by atoms with Crippen LogP contribution in [0.25, 0.3) is 10.9 Å². The van der Waals surface area contributed by atoms with Crippen molar-refractivity contribution in [3.8, 4) is 0 Å². The van der Waals surface area contributed by atoms with Gasteiger partial charge < -0.3 is 14.1 Å². The van der Waals surface area contributed by atoms with E-state index in [0.717, 1.165) is 16.5 Å². The molecule has 8 nitrogen and oxygen atoms in total. The minimum absolute atomic E-state index is 0.0999. The molecule has 3 aromatic heterocycles. The monoisotopic (exact) mass is 388 g/mol. The number of hydrogen-bond donors (Lipinski definition) is 2. The maximum Gasteiger partial charge on any atom is 0.371 e. The molecule has 1 aromatic carbocycles. The Kier molecular flexibility index (Phi) is 4.90. The zero-order valence-electron chi connectivity index (χ0n) is 15.1. The molecule has 0 atom stereocenters. The second kappa shape index (κ2) is 7.81. The third-order valence-corrected chi connectivity index (χ3v) is 4.33. The van der Waals surface area contributed by atoms with E-state index in [9.17, 15) is 9.59 Å². The maximum atomic E-state index is 12.1. The van der Waals surface area contributed by atoms with Crippen LogP contribution in [0.2, 0.25) is 0 Å². The van der Waals surface area contributed by atoms with E-state index in [1.807, 2.05) is 35.0 Å². The summed E-state index contributed by atoms with van der Waals surface area (Å²) < 4.78 is 7.29. The molecule has 0 bridgehead atoms. The van der Waals surface area contributed by atoms with Crippen LogP contribution in [0.3, 0.4) is 0 Å². The molecule has 2 N–H and O–H groups in total. The van der Waals surface area contributed by atoms with Gasteiger partial charge in [-0.25, -0.2) is 10.2 Å². The number of hydrogen-bond acceptors (Lipinski definition) is 5. The van der Waals surface area contributed by atoms with E-state index in [1.54, 1.807) is 24.4 Å². The fraction of sp³-hybridized carbons (Fsp3) is 0.0476. The molecule has 0 unspecified atom stereocenters. The number of rotatable bonds is 6. The molecule has 0 fully saturated rings. The van der Waals surface area contributed by atoms with Gasteiger partial charge in [-0.3, -0.25) is 9.78 Å². The number of carbonyl (C=O) groups is 2. The molecule has 0 aliphatic heterocycles. The second-order valence-corrected chi connectivity index (χ2v) is 6.24. The number of aromatic nitrogens is 2. The Hall–Kier alpha value is -4.20. The zero-order chi connectivity index (χ0) is 20.2. The number of carbonyl (C=O) groups excluding carboxylic acids is 1. The number of carboxylic acid groups (broad SMARTS) is 1. The minimum atomic E-state index is -1.11. The molecule has 0 radical (unpaired) electrons. The number of fused-ring (bicyclic) bond motifs is 1. The molecule has 1 amide bonds. The highest BCUT2D eigenvalue weighted by Crippen LogP contribution is 2.22. The van der Waals surface area contributed by atoms with Crippen molar-refractivity contribution < 1.29 is 19.1 Å². The summed E-state index contributed by atoms with van der Waals surface area (Å²) in [5.74, 6) is -1.01. The van der Waals surface area contributed by atoms with Crippen molar-refractivity contribution in [2.75, 3.05) is 0 Å². The molecule has 29 heavy (non-hydrogen) atoms. The van der Waals surface area contributed by atoms with E-state index in [0.29, 0.717) is 17.9 Å². The molecule has 0 aliphatic rings. The number of pyridine rings is 1. The first kappa shape index (κ1) is 18.2. The smallest absolute Gasteiger partial charge is 0.371 e. The number of nitrogens with one attached hydrogen (secondary N) is 1.